The summed E-state index contributed by atoms with van der Waals surface area (Å²) in [5.41, 5.74) is -0.278. The van der Waals surface area contributed by atoms with Gasteiger partial charge in [0, 0.05) is 26.1 Å². The first-order chi connectivity index (χ1) is 9.82. The Kier molecular flexibility index (Phi) is 4.60. The molecule has 1 atom stereocenters. The minimum atomic E-state index is -3.98. The zero-order valence-corrected chi connectivity index (χ0v) is 12.4. The summed E-state index contributed by atoms with van der Waals surface area (Å²) in [6.45, 7) is 1.49. The minimum Gasteiger partial charge on any atom is -0.384 e. The second-order valence-corrected chi connectivity index (χ2v) is 6.61. The van der Waals surface area contributed by atoms with Gasteiger partial charge in [0.25, 0.3) is 5.91 Å². The van der Waals surface area contributed by atoms with Gasteiger partial charge in [-0.3, -0.25) is 4.79 Å². The molecule has 1 saturated heterocycles. The molecule has 116 valence electrons. The Labute approximate surface area is 122 Å². The lowest BCUT2D eigenvalue weighted by Gasteiger charge is -2.17. The van der Waals surface area contributed by atoms with Crippen LogP contribution in [0.4, 0.5) is 4.39 Å². The number of methoxy groups -OCH3 is 1. The van der Waals surface area contributed by atoms with Crippen molar-refractivity contribution in [3.05, 3.63) is 29.6 Å². The molecule has 0 saturated carbocycles. The second-order valence-electron chi connectivity index (χ2n) is 5.05. The zero-order chi connectivity index (χ0) is 15.6. The number of likely N-dealkylation sites (tertiary alicyclic amines) is 1. The van der Waals surface area contributed by atoms with E-state index >= 15 is 0 Å². The van der Waals surface area contributed by atoms with Gasteiger partial charge in [0.15, 0.2) is 0 Å². The van der Waals surface area contributed by atoms with Gasteiger partial charge in [0.05, 0.1) is 17.1 Å². The topological polar surface area (TPSA) is 89.7 Å². The molecule has 21 heavy (non-hydrogen) atoms. The van der Waals surface area contributed by atoms with Crippen LogP contribution in [0.5, 0.6) is 0 Å². The number of hydrogen-bond acceptors (Lipinski definition) is 4. The van der Waals surface area contributed by atoms with Crippen LogP contribution < -0.4 is 5.14 Å². The summed E-state index contributed by atoms with van der Waals surface area (Å²) in [6.07, 6.45) is 0.774. The highest BCUT2D eigenvalue weighted by atomic mass is 32.2. The quantitative estimate of drug-likeness (QED) is 0.880. The summed E-state index contributed by atoms with van der Waals surface area (Å²) in [4.78, 5) is 13.5. The molecule has 0 radical (unpaired) electrons. The van der Waals surface area contributed by atoms with Crippen LogP contribution in [0.25, 0.3) is 0 Å². The maximum absolute atomic E-state index is 13.8. The van der Waals surface area contributed by atoms with Crippen molar-refractivity contribution < 1.29 is 22.3 Å². The van der Waals surface area contributed by atoms with Crippen LogP contribution >= 0.6 is 0 Å². The third-order valence-electron chi connectivity index (χ3n) is 3.47. The van der Waals surface area contributed by atoms with Gasteiger partial charge in [-0.15, -0.1) is 0 Å². The molecular formula is C13H17FN2O4S. The maximum Gasteiger partial charge on any atom is 0.256 e. The fourth-order valence-corrected chi connectivity index (χ4v) is 2.94. The van der Waals surface area contributed by atoms with Crippen molar-refractivity contribution in [2.75, 3.05) is 26.8 Å². The smallest absolute Gasteiger partial charge is 0.256 e. The Morgan fingerprint density at radius 2 is 2.24 bits per heavy atom. The van der Waals surface area contributed by atoms with Crippen molar-refractivity contribution in [2.24, 2.45) is 11.1 Å². The Bertz CT molecular complexity index is 648. The number of carbonyl (C=O) groups excluding carboxylic acids is 1. The number of carbonyl (C=O) groups is 1. The fraction of sp³-hybridized carbons (Fsp3) is 0.462. The van der Waals surface area contributed by atoms with E-state index in [-0.39, 0.29) is 16.4 Å². The second kappa shape index (κ2) is 6.08. The van der Waals surface area contributed by atoms with Crippen molar-refractivity contribution in [1.29, 1.82) is 0 Å². The predicted molar refractivity (Wildman–Crippen MR) is 73.7 cm³/mol. The van der Waals surface area contributed by atoms with Crippen LogP contribution in [0, 0.1) is 11.7 Å². The number of rotatable bonds is 4. The number of hydrogen-bond donors (Lipinski definition) is 1. The van der Waals surface area contributed by atoms with Gasteiger partial charge < -0.3 is 9.64 Å². The average molecular weight is 316 g/mol. The highest BCUT2D eigenvalue weighted by Crippen LogP contribution is 2.21. The highest BCUT2D eigenvalue weighted by molar-refractivity contribution is 7.89. The third kappa shape index (κ3) is 3.58. The molecule has 1 heterocycles. The summed E-state index contributed by atoms with van der Waals surface area (Å²) >= 11 is 0. The molecule has 0 aromatic heterocycles. The normalized spacial score (nSPS) is 19.0. The first kappa shape index (κ1) is 15.9. The molecular weight excluding hydrogens is 299 g/mol. The zero-order valence-electron chi connectivity index (χ0n) is 11.6. The van der Waals surface area contributed by atoms with E-state index in [0.29, 0.717) is 19.7 Å². The molecule has 0 bridgehead atoms. The molecule has 1 amide bonds. The van der Waals surface area contributed by atoms with Crippen LogP contribution in [0.2, 0.25) is 0 Å². The van der Waals surface area contributed by atoms with E-state index < -0.39 is 21.7 Å². The summed E-state index contributed by atoms with van der Waals surface area (Å²) in [7, 11) is -2.39. The Morgan fingerprint density at radius 3 is 2.86 bits per heavy atom. The van der Waals surface area contributed by atoms with Crippen molar-refractivity contribution in [3.63, 3.8) is 0 Å². The van der Waals surface area contributed by atoms with Gasteiger partial charge in [-0.05, 0) is 24.6 Å². The maximum atomic E-state index is 13.8. The fourth-order valence-electron chi connectivity index (χ4n) is 2.40. The molecule has 0 spiro atoms. The lowest BCUT2D eigenvalue weighted by molar-refractivity contribution is 0.0770. The molecule has 1 aliphatic heterocycles. The van der Waals surface area contributed by atoms with Gasteiger partial charge in [0.2, 0.25) is 10.0 Å². The summed E-state index contributed by atoms with van der Waals surface area (Å²) < 4.78 is 41.4. The number of benzene rings is 1. The van der Waals surface area contributed by atoms with Crippen LogP contribution in [0.3, 0.4) is 0 Å². The standard InChI is InChI=1S/C13H17FN2O4S/c1-20-8-9-4-5-16(7-9)13(17)11-6-10(21(15,18)19)2-3-12(11)14/h2-3,6,9H,4-5,7-8H2,1H3,(H2,15,18,19). The number of nitrogens with two attached hydrogens (primary N) is 1. The molecule has 1 unspecified atom stereocenters. The van der Waals surface area contributed by atoms with Crippen molar-refractivity contribution in [2.45, 2.75) is 11.3 Å². The molecule has 0 aliphatic carbocycles. The van der Waals surface area contributed by atoms with Gasteiger partial charge in [-0.25, -0.2) is 17.9 Å². The molecule has 6 nitrogen and oxygen atoms in total. The highest BCUT2D eigenvalue weighted by Gasteiger charge is 2.29. The molecule has 1 aliphatic rings. The van der Waals surface area contributed by atoms with Gasteiger partial charge >= 0.3 is 0 Å². The summed E-state index contributed by atoms with van der Waals surface area (Å²) in [5, 5.41) is 5.00. The SMILES string of the molecule is COCC1CCN(C(=O)c2cc(S(N)(=O)=O)ccc2F)C1. The van der Waals surface area contributed by atoms with E-state index in [0.717, 1.165) is 24.6 Å². The first-order valence-electron chi connectivity index (χ1n) is 6.43. The Morgan fingerprint density at radius 1 is 1.52 bits per heavy atom. The van der Waals surface area contributed by atoms with Gasteiger partial charge in [-0.2, -0.15) is 0 Å². The lowest BCUT2D eigenvalue weighted by Crippen LogP contribution is -2.30. The van der Waals surface area contributed by atoms with Gasteiger partial charge in [-0.1, -0.05) is 0 Å². The summed E-state index contributed by atoms with van der Waals surface area (Å²) in [5.74, 6) is -1.08. The number of ether oxygens (including phenoxy) is 1. The lowest BCUT2D eigenvalue weighted by atomic mass is 10.1. The summed E-state index contributed by atoms with van der Waals surface area (Å²) in [6, 6.07) is 2.96. The van der Waals surface area contributed by atoms with E-state index in [2.05, 4.69) is 0 Å². The van der Waals surface area contributed by atoms with E-state index in [9.17, 15) is 17.6 Å². The van der Waals surface area contributed by atoms with Crippen LogP contribution in [0.1, 0.15) is 16.8 Å². The molecule has 1 aromatic rings. The number of sulfonamides is 1. The minimum absolute atomic E-state index is 0.212. The molecule has 1 aromatic carbocycles. The molecule has 8 heteroatoms. The van der Waals surface area contributed by atoms with E-state index in [1.165, 1.54) is 4.90 Å². The molecule has 1 fully saturated rings. The van der Waals surface area contributed by atoms with Crippen molar-refractivity contribution >= 4 is 15.9 Å². The van der Waals surface area contributed by atoms with Crippen LogP contribution in [0.15, 0.2) is 23.1 Å². The van der Waals surface area contributed by atoms with Crippen molar-refractivity contribution in [1.82, 2.24) is 4.90 Å². The average Bonchev–Trinajstić information content (AvgIpc) is 2.86. The van der Waals surface area contributed by atoms with Crippen LogP contribution in [-0.4, -0.2) is 46.0 Å². The Hall–Kier alpha value is -1.51. The van der Waals surface area contributed by atoms with E-state index in [1.807, 2.05) is 0 Å². The number of halogens is 1. The number of nitrogens with zero attached hydrogens (tertiary/aromatic N) is 1. The Balaban J connectivity index is 2.24. The van der Waals surface area contributed by atoms with Crippen molar-refractivity contribution in [3.8, 4) is 0 Å². The number of primary sulfonamides is 1. The van der Waals surface area contributed by atoms with E-state index in [1.54, 1.807) is 7.11 Å². The molecule has 2 N–H and O–H groups in total. The first-order valence-corrected chi connectivity index (χ1v) is 7.98. The predicted octanol–water partition coefficient (Wildman–Crippen LogP) is 0.582. The molecule has 2 rings (SSSR count). The number of amides is 1. The van der Waals surface area contributed by atoms with Gasteiger partial charge in [0.1, 0.15) is 5.82 Å². The largest absolute Gasteiger partial charge is 0.384 e. The van der Waals surface area contributed by atoms with Crippen LogP contribution in [-0.2, 0) is 14.8 Å². The van der Waals surface area contributed by atoms with E-state index in [4.69, 9.17) is 9.88 Å². The monoisotopic (exact) mass is 316 g/mol. The third-order valence-corrected chi connectivity index (χ3v) is 4.38.